The number of aliphatic hydroxyl groups is 2. The van der Waals surface area contributed by atoms with Crippen molar-refractivity contribution >= 4 is 5.82 Å². The Labute approximate surface area is 95.5 Å². The summed E-state index contributed by atoms with van der Waals surface area (Å²) < 4.78 is 0. The highest BCUT2D eigenvalue weighted by Crippen LogP contribution is 2.20. The minimum atomic E-state index is -0.603. The Morgan fingerprint density at radius 1 is 1.25 bits per heavy atom. The summed E-state index contributed by atoms with van der Waals surface area (Å²) in [7, 11) is 0. The van der Waals surface area contributed by atoms with Gasteiger partial charge in [-0.15, -0.1) is 0 Å². The van der Waals surface area contributed by atoms with Crippen LogP contribution in [0.1, 0.15) is 18.4 Å². The molecule has 1 aromatic heterocycles. The van der Waals surface area contributed by atoms with Gasteiger partial charge in [-0.05, 0) is 31.4 Å². The molecule has 1 aliphatic rings. The first-order valence-electron chi connectivity index (χ1n) is 5.71. The van der Waals surface area contributed by atoms with Crippen LogP contribution >= 0.6 is 0 Å². The number of aliphatic hydroxyl groups excluding tert-OH is 2. The Bertz CT molecular complexity index is 345. The monoisotopic (exact) mass is 222 g/mol. The summed E-state index contributed by atoms with van der Waals surface area (Å²) in [6, 6.07) is 3.94. The molecular formula is C12H18N2O2. The van der Waals surface area contributed by atoms with Crippen molar-refractivity contribution in [2.75, 3.05) is 18.0 Å². The lowest BCUT2D eigenvalue weighted by Gasteiger charge is -2.22. The van der Waals surface area contributed by atoms with Crippen molar-refractivity contribution in [3.63, 3.8) is 0 Å². The van der Waals surface area contributed by atoms with Crippen molar-refractivity contribution in [2.24, 2.45) is 0 Å². The summed E-state index contributed by atoms with van der Waals surface area (Å²) in [6.07, 6.45) is 1.76. The van der Waals surface area contributed by atoms with Gasteiger partial charge in [-0.3, -0.25) is 0 Å². The van der Waals surface area contributed by atoms with Crippen molar-refractivity contribution in [3.8, 4) is 0 Å². The molecule has 0 amide bonds. The molecule has 88 valence electrons. The fraction of sp³-hybridized carbons (Fsp3) is 0.583. The number of aromatic nitrogens is 1. The van der Waals surface area contributed by atoms with Crippen LogP contribution in [0, 0.1) is 6.92 Å². The predicted octanol–water partition coefficient (Wildman–Crippen LogP) is 0.712. The normalized spacial score (nSPS) is 26.6. The molecule has 0 spiro atoms. The molecule has 1 saturated heterocycles. The van der Waals surface area contributed by atoms with E-state index < -0.39 is 12.2 Å². The largest absolute Gasteiger partial charge is 0.390 e. The number of aryl methyl sites for hydroxylation is 1. The number of nitrogens with zero attached hydrogens (tertiary/aromatic N) is 2. The zero-order chi connectivity index (χ0) is 11.5. The molecule has 2 rings (SSSR count). The van der Waals surface area contributed by atoms with Gasteiger partial charge in [0.2, 0.25) is 0 Å². The Morgan fingerprint density at radius 2 is 1.88 bits per heavy atom. The van der Waals surface area contributed by atoms with Crippen LogP contribution in [-0.4, -0.2) is 40.5 Å². The van der Waals surface area contributed by atoms with Gasteiger partial charge >= 0.3 is 0 Å². The van der Waals surface area contributed by atoms with Gasteiger partial charge in [-0.2, -0.15) is 0 Å². The molecule has 0 aliphatic carbocycles. The van der Waals surface area contributed by atoms with Gasteiger partial charge in [0.25, 0.3) is 0 Å². The molecule has 1 aliphatic heterocycles. The Kier molecular flexibility index (Phi) is 3.41. The molecule has 1 aromatic rings. The van der Waals surface area contributed by atoms with Gasteiger partial charge < -0.3 is 15.1 Å². The topological polar surface area (TPSA) is 56.6 Å². The van der Waals surface area contributed by atoms with Gasteiger partial charge in [-0.25, -0.2) is 4.98 Å². The molecule has 16 heavy (non-hydrogen) atoms. The lowest BCUT2D eigenvalue weighted by atomic mass is 10.1. The third kappa shape index (κ3) is 2.33. The minimum absolute atomic E-state index is 0.594. The van der Waals surface area contributed by atoms with Crippen LogP contribution < -0.4 is 4.90 Å². The lowest BCUT2D eigenvalue weighted by molar-refractivity contribution is 0.0187. The van der Waals surface area contributed by atoms with Crippen LogP contribution in [0.5, 0.6) is 0 Å². The fourth-order valence-corrected chi connectivity index (χ4v) is 2.09. The van der Waals surface area contributed by atoms with Crippen molar-refractivity contribution in [1.29, 1.82) is 0 Å². The molecule has 0 radical (unpaired) electrons. The summed E-state index contributed by atoms with van der Waals surface area (Å²) in [6.45, 7) is 3.52. The summed E-state index contributed by atoms with van der Waals surface area (Å²) in [5.41, 5.74) is 1.13. The number of rotatable bonds is 1. The van der Waals surface area contributed by atoms with E-state index in [1.54, 1.807) is 6.20 Å². The molecule has 0 aromatic carbocycles. The summed E-state index contributed by atoms with van der Waals surface area (Å²) in [4.78, 5) is 6.49. The lowest BCUT2D eigenvalue weighted by Crippen LogP contribution is -2.26. The van der Waals surface area contributed by atoms with Crippen molar-refractivity contribution < 1.29 is 10.2 Å². The maximum atomic E-state index is 9.59. The molecule has 0 saturated carbocycles. The Balaban J connectivity index is 2.14. The van der Waals surface area contributed by atoms with Gasteiger partial charge in [0.1, 0.15) is 5.82 Å². The molecular weight excluding hydrogens is 204 g/mol. The zero-order valence-electron chi connectivity index (χ0n) is 9.50. The van der Waals surface area contributed by atoms with E-state index in [4.69, 9.17) is 0 Å². The van der Waals surface area contributed by atoms with E-state index in [-0.39, 0.29) is 0 Å². The second-order valence-corrected chi connectivity index (χ2v) is 4.34. The average molecular weight is 222 g/mol. The maximum Gasteiger partial charge on any atom is 0.131 e. The first-order chi connectivity index (χ1) is 7.68. The zero-order valence-corrected chi connectivity index (χ0v) is 9.50. The van der Waals surface area contributed by atoms with E-state index >= 15 is 0 Å². The third-order valence-corrected chi connectivity index (χ3v) is 3.12. The highest BCUT2D eigenvalue weighted by molar-refractivity contribution is 5.45. The van der Waals surface area contributed by atoms with E-state index in [1.807, 2.05) is 19.1 Å². The summed E-state index contributed by atoms with van der Waals surface area (Å²) in [5.74, 6) is 0.962. The SMILES string of the molecule is Cc1cccnc1N1CC[C@@H](O)[C@@H](O)CC1. The molecule has 4 nitrogen and oxygen atoms in total. The van der Waals surface area contributed by atoms with Crippen molar-refractivity contribution in [3.05, 3.63) is 23.9 Å². The molecule has 0 bridgehead atoms. The third-order valence-electron chi connectivity index (χ3n) is 3.12. The fourth-order valence-electron chi connectivity index (χ4n) is 2.09. The number of hydrogen-bond acceptors (Lipinski definition) is 4. The van der Waals surface area contributed by atoms with Crippen LogP contribution in [0.2, 0.25) is 0 Å². The predicted molar refractivity (Wildman–Crippen MR) is 62.4 cm³/mol. The smallest absolute Gasteiger partial charge is 0.131 e. The standard InChI is InChI=1S/C12H18N2O2/c1-9-3-2-6-13-12(9)14-7-4-10(15)11(16)5-8-14/h2-3,6,10-11,15-16H,4-5,7-8H2,1H3/t10-,11+. The first-order valence-corrected chi connectivity index (χ1v) is 5.71. The molecule has 2 N–H and O–H groups in total. The van der Waals surface area contributed by atoms with Gasteiger partial charge in [0, 0.05) is 19.3 Å². The van der Waals surface area contributed by atoms with Crippen LogP contribution in [0.3, 0.4) is 0 Å². The van der Waals surface area contributed by atoms with Gasteiger partial charge in [0.15, 0.2) is 0 Å². The minimum Gasteiger partial charge on any atom is -0.390 e. The highest BCUT2D eigenvalue weighted by Gasteiger charge is 2.23. The Morgan fingerprint density at radius 3 is 2.44 bits per heavy atom. The van der Waals surface area contributed by atoms with Crippen LogP contribution in [0.15, 0.2) is 18.3 Å². The van der Waals surface area contributed by atoms with E-state index in [2.05, 4.69) is 9.88 Å². The van der Waals surface area contributed by atoms with E-state index in [0.717, 1.165) is 24.5 Å². The van der Waals surface area contributed by atoms with E-state index in [9.17, 15) is 10.2 Å². The Hall–Kier alpha value is -1.13. The van der Waals surface area contributed by atoms with E-state index in [0.29, 0.717) is 12.8 Å². The first kappa shape index (κ1) is 11.4. The van der Waals surface area contributed by atoms with Crippen LogP contribution in [-0.2, 0) is 0 Å². The second kappa shape index (κ2) is 4.80. The molecule has 2 atom stereocenters. The quantitative estimate of drug-likeness (QED) is 0.735. The number of hydrogen-bond donors (Lipinski definition) is 2. The van der Waals surface area contributed by atoms with Crippen LogP contribution in [0.25, 0.3) is 0 Å². The maximum absolute atomic E-state index is 9.59. The van der Waals surface area contributed by atoms with Crippen LogP contribution in [0.4, 0.5) is 5.82 Å². The summed E-state index contributed by atoms with van der Waals surface area (Å²) >= 11 is 0. The molecule has 2 heterocycles. The summed E-state index contributed by atoms with van der Waals surface area (Å²) in [5, 5.41) is 19.2. The molecule has 0 unspecified atom stereocenters. The van der Waals surface area contributed by atoms with Crippen molar-refractivity contribution in [1.82, 2.24) is 4.98 Å². The second-order valence-electron chi connectivity index (χ2n) is 4.34. The van der Waals surface area contributed by atoms with E-state index in [1.165, 1.54) is 0 Å². The van der Waals surface area contributed by atoms with Gasteiger partial charge in [0.05, 0.1) is 12.2 Å². The highest BCUT2D eigenvalue weighted by atomic mass is 16.3. The molecule has 1 fully saturated rings. The molecule has 4 heteroatoms. The van der Waals surface area contributed by atoms with Crippen molar-refractivity contribution in [2.45, 2.75) is 32.0 Å². The van der Waals surface area contributed by atoms with Gasteiger partial charge in [-0.1, -0.05) is 6.07 Å². The number of anilines is 1. The number of pyridine rings is 1. The average Bonchev–Trinajstić information content (AvgIpc) is 2.44.